The standard InChI is InChI=1S/C29H35N5O4S/c1-3-38-27(37)17-16-26(36)33-19-18-32(21-22(33)2)25(35)15-10-20-39-29-31-30-28(23-11-6-4-7-12-23)34(29)24-13-8-5-9-14-24/h4-9,11-14,22H,3,10,15-21H2,1-2H3. The summed E-state index contributed by atoms with van der Waals surface area (Å²) < 4.78 is 6.96. The van der Waals surface area contributed by atoms with E-state index in [0.717, 1.165) is 28.0 Å². The fourth-order valence-corrected chi connectivity index (χ4v) is 5.52. The Morgan fingerprint density at radius 3 is 2.33 bits per heavy atom. The number of amides is 2. The van der Waals surface area contributed by atoms with E-state index in [9.17, 15) is 14.4 Å². The number of benzene rings is 2. The molecule has 0 N–H and O–H groups in total. The van der Waals surface area contributed by atoms with Gasteiger partial charge in [0.15, 0.2) is 11.0 Å². The van der Waals surface area contributed by atoms with Crippen LogP contribution in [-0.2, 0) is 19.1 Å². The van der Waals surface area contributed by atoms with Gasteiger partial charge in [0, 0.05) is 55.5 Å². The molecule has 0 aliphatic carbocycles. The van der Waals surface area contributed by atoms with Gasteiger partial charge in [-0.05, 0) is 32.4 Å². The SMILES string of the molecule is CCOC(=O)CCC(=O)N1CCN(C(=O)CCCSc2nnc(-c3ccccc3)n2-c2ccccc2)CC1C. The second-order valence-electron chi connectivity index (χ2n) is 9.38. The number of carbonyl (C=O) groups excluding carboxylic acids is 3. The lowest BCUT2D eigenvalue weighted by Crippen LogP contribution is -2.55. The molecule has 1 aromatic heterocycles. The molecule has 3 aromatic rings. The lowest BCUT2D eigenvalue weighted by Gasteiger charge is -2.40. The third kappa shape index (κ3) is 7.47. The highest BCUT2D eigenvalue weighted by atomic mass is 32.2. The summed E-state index contributed by atoms with van der Waals surface area (Å²) in [4.78, 5) is 40.6. The number of ether oxygens (including phenoxy) is 1. The molecule has 0 saturated carbocycles. The van der Waals surface area contributed by atoms with Gasteiger partial charge < -0.3 is 14.5 Å². The number of carbonyl (C=O) groups is 3. The zero-order valence-corrected chi connectivity index (χ0v) is 23.3. The van der Waals surface area contributed by atoms with E-state index in [1.165, 1.54) is 0 Å². The molecular weight excluding hydrogens is 514 g/mol. The van der Waals surface area contributed by atoms with Crippen molar-refractivity contribution >= 4 is 29.5 Å². The summed E-state index contributed by atoms with van der Waals surface area (Å²) in [5.74, 6) is 1.17. The lowest BCUT2D eigenvalue weighted by molar-refractivity contribution is -0.147. The zero-order valence-electron chi connectivity index (χ0n) is 22.5. The van der Waals surface area contributed by atoms with E-state index in [4.69, 9.17) is 4.74 Å². The largest absolute Gasteiger partial charge is 0.466 e. The number of hydrogen-bond acceptors (Lipinski definition) is 7. The summed E-state index contributed by atoms with van der Waals surface area (Å²) in [6, 6.07) is 19.9. The second-order valence-corrected chi connectivity index (χ2v) is 10.4. The molecule has 2 heterocycles. The Kier molecular flexibility index (Phi) is 10.1. The third-order valence-electron chi connectivity index (χ3n) is 6.59. The van der Waals surface area contributed by atoms with Crippen LogP contribution in [0.4, 0.5) is 0 Å². The minimum atomic E-state index is -0.358. The first-order valence-electron chi connectivity index (χ1n) is 13.4. The number of rotatable bonds is 11. The van der Waals surface area contributed by atoms with Crippen LogP contribution in [0.5, 0.6) is 0 Å². The Morgan fingerprint density at radius 2 is 1.64 bits per heavy atom. The molecule has 1 saturated heterocycles. The second kappa shape index (κ2) is 13.9. The Labute approximate surface area is 233 Å². The van der Waals surface area contributed by atoms with Gasteiger partial charge in [-0.15, -0.1) is 10.2 Å². The number of hydrogen-bond donors (Lipinski definition) is 0. The maximum atomic E-state index is 12.9. The highest BCUT2D eigenvalue weighted by molar-refractivity contribution is 7.99. The number of para-hydroxylation sites is 1. The van der Waals surface area contributed by atoms with E-state index in [2.05, 4.69) is 14.8 Å². The smallest absolute Gasteiger partial charge is 0.306 e. The van der Waals surface area contributed by atoms with Crippen molar-refractivity contribution in [3.8, 4) is 17.1 Å². The van der Waals surface area contributed by atoms with Crippen LogP contribution in [-0.4, -0.2) is 80.4 Å². The molecule has 1 aliphatic rings. The van der Waals surface area contributed by atoms with Crippen molar-refractivity contribution in [2.45, 2.75) is 50.7 Å². The van der Waals surface area contributed by atoms with E-state index in [-0.39, 0.29) is 36.7 Å². The van der Waals surface area contributed by atoms with Crippen LogP contribution in [0, 0.1) is 0 Å². The zero-order chi connectivity index (χ0) is 27.6. The summed E-state index contributed by atoms with van der Waals surface area (Å²) in [5, 5.41) is 9.72. The monoisotopic (exact) mass is 549 g/mol. The Balaban J connectivity index is 1.28. The summed E-state index contributed by atoms with van der Waals surface area (Å²) in [5.41, 5.74) is 1.98. The molecule has 0 bridgehead atoms. The molecule has 1 aliphatic heterocycles. The van der Waals surface area contributed by atoms with Crippen molar-refractivity contribution in [1.29, 1.82) is 0 Å². The van der Waals surface area contributed by atoms with Crippen LogP contribution < -0.4 is 0 Å². The van der Waals surface area contributed by atoms with E-state index in [1.807, 2.05) is 72.5 Å². The van der Waals surface area contributed by atoms with E-state index in [0.29, 0.717) is 39.1 Å². The van der Waals surface area contributed by atoms with Gasteiger partial charge >= 0.3 is 5.97 Å². The van der Waals surface area contributed by atoms with Gasteiger partial charge in [-0.2, -0.15) is 0 Å². The fraction of sp³-hybridized carbons (Fsp3) is 0.414. The number of piperazine rings is 1. The molecule has 0 radical (unpaired) electrons. The van der Waals surface area contributed by atoms with Crippen molar-refractivity contribution in [3.05, 3.63) is 60.7 Å². The van der Waals surface area contributed by atoms with Gasteiger partial charge in [0.25, 0.3) is 0 Å². The van der Waals surface area contributed by atoms with Crippen molar-refractivity contribution in [2.24, 2.45) is 0 Å². The predicted octanol–water partition coefficient (Wildman–Crippen LogP) is 4.21. The van der Waals surface area contributed by atoms with E-state index in [1.54, 1.807) is 23.6 Å². The average Bonchev–Trinajstić information content (AvgIpc) is 3.39. The molecule has 1 unspecified atom stereocenters. The molecular formula is C29H35N5O4S. The Morgan fingerprint density at radius 1 is 0.923 bits per heavy atom. The molecule has 2 aromatic carbocycles. The third-order valence-corrected chi connectivity index (χ3v) is 7.61. The highest BCUT2D eigenvalue weighted by Crippen LogP contribution is 2.28. The van der Waals surface area contributed by atoms with E-state index >= 15 is 0 Å². The molecule has 2 amide bonds. The topological polar surface area (TPSA) is 97.6 Å². The first-order valence-corrected chi connectivity index (χ1v) is 14.4. The quantitative estimate of drug-likeness (QED) is 0.201. The maximum absolute atomic E-state index is 12.9. The molecule has 39 heavy (non-hydrogen) atoms. The van der Waals surface area contributed by atoms with Crippen LogP contribution in [0.1, 0.15) is 39.5 Å². The number of aromatic nitrogens is 3. The molecule has 206 valence electrons. The van der Waals surface area contributed by atoms with Gasteiger partial charge in [-0.3, -0.25) is 19.0 Å². The van der Waals surface area contributed by atoms with E-state index < -0.39 is 0 Å². The first-order chi connectivity index (χ1) is 19.0. The number of esters is 1. The maximum Gasteiger partial charge on any atom is 0.306 e. The van der Waals surface area contributed by atoms with Crippen LogP contribution >= 0.6 is 11.8 Å². The van der Waals surface area contributed by atoms with Crippen molar-refractivity contribution in [1.82, 2.24) is 24.6 Å². The summed E-state index contributed by atoms with van der Waals surface area (Å²) in [6.07, 6.45) is 1.36. The van der Waals surface area contributed by atoms with Crippen LogP contribution in [0.15, 0.2) is 65.8 Å². The summed E-state index contributed by atoms with van der Waals surface area (Å²) in [7, 11) is 0. The van der Waals surface area contributed by atoms with Crippen molar-refractivity contribution in [2.75, 3.05) is 32.0 Å². The van der Waals surface area contributed by atoms with Gasteiger partial charge in [0.05, 0.1) is 13.0 Å². The Bertz CT molecular complexity index is 1250. The minimum Gasteiger partial charge on any atom is -0.466 e. The Hall–Kier alpha value is -3.66. The van der Waals surface area contributed by atoms with Gasteiger partial charge in [0.1, 0.15) is 0 Å². The summed E-state index contributed by atoms with van der Waals surface area (Å²) in [6.45, 7) is 5.48. The fourth-order valence-electron chi connectivity index (χ4n) is 4.63. The summed E-state index contributed by atoms with van der Waals surface area (Å²) >= 11 is 1.59. The molecule has 4 rings (SSSR count). The molecule has 1 atom stereocenters. The van der Waals surface area contributed by atoms with Gasteiger partial charge in [0.2, 0.25) is 11.8 Å². The minimum absolute atomic E-state index is 0.0727. The molecule has 1 fully saturated rings. The van der Waals surface area contributed by atoms with Crippen molar-refractivity contribution in [3.63, 3.8) is 0 Å². The highest BCUT2D eigenvalue weighted by Gasteiger charge is 2.29. The normalized spacial score (nSPS) is 15.3. The molecule has 10 heteroatoms. The lowest BCUT2D eigenvalue weighted by atomic mass is 10.1. The van der Waals surface area contributed by atoms with Crippen LogP contribution in [0.2, 0.25) is 0 Å². The first kappa shape index (κ1) is 28.4. The van der Waals surface area contributed by atoms with Crippen LogP contribution in [0.25, 0.3) is 17.1 Å². The van der Waals surface area contributed by atoms with Gasteiger partial charge in [-0.1, -0.05) is 60.3 Å². The number of nitrogens with zero attached hydrogens (tertiary/aromatic N) is 5. The molecule has 0 spiro atoms. The predicted molar refractivity (Wildman–Crippen MR) is 150 cm³/mol. The number of thioether (sulfide) groups is 1. The average molecular weight is 550 g/mol. The molecule has 9 nitrogen and oxygen atoms in total. The van der Waals surface area contributed by atoms with Gasteiger partial charge in [-0.25, -0.2) is 0 Å². The van der Waals surface area contributed by atoms with Crippen molar-refractivity contribution < 1.29 is 19.1 Å². The van der Waals surface area contributed by atoms with Crippen LogP contribution in [0.3, 0.4) is 0 Å².